The molecule has 0 N–H and O–H groups in total. The van der Waals surface area contributed by atoms with Gasteiger partial charge in [0.1, 0.15) is 5.02 Å². The maximum Gasteiger partial charge on any atom is 0.292 e. The predicted octanol–water partition coefficient (Wildman–Crippen LogP) is 2.39. The van der Waals surface area contributed by atoms with Crippen LogP contribution in [0.15, 0.2) is 53.7 Å². The number of piperidine rings is 1. The van der Waals surface area contributed by atoms with Gasteiger partial charge in [0.25, 0.3) is 5.56 Å². The number of hydrogen-bond acceptors (Lipinski definition) is 5. The second kappa shape index (κ2) is 7.29. The zero-order valence-corrected chi connectivity index (χ0v) is 15.0. The standard InChI is InChI=1S/C18H19ClN6O/c19-17-16(12-21-25(18(17)26)15-4-2-1-3-5-15)23-9-6-14(7-10-23)13-24-11-8-20-22-24/h1-5,8,11-12,14H,6-7,9-10,13H2. The third kappa shape index (κ3) is 3.35. The Bertz CT molecular complexity index is 917. The van der Waals surface area contributed by atoms with E-state index in [1.807, 2.05) is 41.2 Å². The second-order valence-corrected chi connectivity index (χ2v) is 6.83. The molecule has 1 aromatic carbocycles. The van der Waals surface area contributed by atoms with Gasteiger partial charge in [0.15, 0.2) is 0 Å². The minimum atomic E-state index is -0.292. The lowest BCUT2D eigenvalue weighted by Crippen LogP contribution is -2.36. The Labute approximate surface area is 155 Å². The van der Waals surface area contributed by atoms with Crippen LogP contribution in [0.5, 0.6) is 0 Å². The molecule has 2 aromatic heterocycles. The summed E-state index contributed by atoms with van der Waals surface area (Å²) in [6.07, 6.45) is 7.29. The highest BCUT2D eigenvalue weighted by molar-refractivity contribution is 6.33. The molecule has 0 bridgehead atoms. The minimum Gasteiger partial charge on any atom is -0.369 e. The van der Waals surface area contributed by atoms with Gasteiger partial charge in [0, 0.05) is 25.8 Å². The van der Waals surface area contributed by atoms with E-state index in [0.29, 0.717) is 17.3 Å². The summed E-state index contributed by atoms with van der Waals surface area (Å²) in [5, 5.41) is 12.4. The summed E-state index contributed by atoms with van der Waals surface area (Å²) in [5.74, 6) is 0.546. The minimum absolute atomic E-state index is 0.221. The van der Waals surface area contributed by atoms with Gasteiger partial charge in [-0.25, -0.2) is 0 Å². The largest absolute Gasteiger partial charge is 0.369 e. The maximum atomic E-state index is 12.6. The van der Waals surface area contributed by atoms with E-state index in [2.05, 4.69) is 20.3 Å². The molecule has 0 radical (unpaired) electrons. The van der Waals surface area contributed by atoms with E-state index < -0.39 is 0 Å². The van der Waals surface area contributed by atoms with Gasteiger partial charge in [-0.2, -0.15) is 9.78 Å². The van der Waals surface area contributed by atoms with Gasteiger partial charge in [-0.15, -0.1) is 5.10 Å². The van der Waals surface area contributed by atoms with E-state index >= 15 is 0 Å². The van der Waals surface area contributed by atoms with Crippen molar-refractivity contribution >= 4 is 17.3 Å². The lowest BCUT2D eigenvalue weighted by Gasteiger charge is -2.33. The van der Waals surface area contributed by atoms with Crippen LogP contribution < -0.4 is 10.5 Å². The van der Waals surface area contributed by atoms with Crippen molar-refractivity contribution in [2.45, 2.75) is 19.4 Å². The van der Waals surface area contributed by atoms with Gasteiger partial charge in [-0.05, 0) is 30.9 Å². The second-order valence-electron chi connectivity index (χ2n) is 6.45. The number of nitrogens with zero attached hydrogens (tertiary/aromatic N) is 6. The molecule has 0 atom stereocenters. The Balaban J connectivity index is 1.49. The van der Waals surface area contributed by atoms with Crippen molar-refractivity contribution in [2.24, 2.45) is 5.92 Å². The fraction of sp³-hybridized carbons (Fsp3) is 0.333. The van der Waals surface area contributed by atoms with Gasteiger partial charge < -0.3 is 4.90 Å². The molecule has 1 aliphatic heterocycles. The molecule has 1 fully saturated rings. The zero-order chi connectivity index (χ0) is 17.9. The maximum absolute atomic E-state index is 12.6. The summed E-state index contributed by atoms with van der Waals surface area (Å²) in [4.78, 5) is 14.8. The Morgan fingerprint density at radius 2 is 1.92 bits per heavy atom. The molecule has 1 aliphatic rings. The highest BCUT2D eigenvalue weighted by atomic mass is 35.5. The van der Waals surface area contributed by atoms with Crippen LogP contribution in [0.4, 0.5) is 5.69 Å². The van der Waals surface area contributed by atoms with Gasteiger partial charge in [0.2, 0.25) is 0 Å². The van der Waals surface area contributed by atoms with E-state index in [1.54, 1.807) is 12.4 Å². The van der Waals surface area contributed by atoms with E-state index in [0.717, 1.165) is 32.5 Å². The molecule has 26 heavy (non-hydrogen) atoms. The average molecular weight is 371 g/mol. The quantitative estimate of drug-likeness (QED) is 0.705. The van der Waals surface area contributed by atoms with E-state index in [4.69, 9.17) is 11.6 Å². The van der Waals surface area contributed by atoms with Crippen molar-refractivity contribution in [3.63, 3.8) is 0 Å². The highest BCUT2D eigenvalue weighted by Gasteiger charge is 2.23. The predicted molar refractivity (Wildman–Crippen MR) is 99.8 cm³/mol. The number of anilines is 1. The first-order valence-electron chi connectivity index (χ1n) is 8.64. The van der Waals surface area contributed by atoms with Crippen LogP contribution in [0.25, 0.3) is 5.69 Å². The van der Waals surface area contributed by atoms with Crippen molar-refractivity contribution in [1.29, 1.82) is 0 Å². The van der Waals surface area contributed by atoms with E-state index in [9.17, 15) is 4.79 Å². The van der Waals surface area contributed by atoms with Crippen LogP contribution in [0, 0.1) is 5.92 Å². The topological polar surface area (TPSA) is 68.8 Å². The Morgan fingerprint density at radius 1 is 1.15 bits per heavy atom. The van der Waals surface area contributed by atoms with E-state index in [-0.39, 0.29) is 10.6 Å². The molecule has 3 aromatic rings. The van der Waals surface area contributed by atoms with Crippen LogP contribution in [-0.4, -0.2) is 37.9 Å². The van der Waals surface area contributed by atoms with Gasteiger partial charge >= 0.3 is 0 Å². The number of para-hydroxylation sites is 1. The number of hydrogen-bond donors (Lipinski definition) is 0. The summed E-state index contributed by atoms with van der Waals surface area (Å²) in [7, 11) is 0. The highest BCUT2D eigenvalue weighted by Crippen LogP contribution is 2.27. The molecule has 0 aliphatic carbocycles. The van der Waals surface area contributed by atoms with Crippen LogP contribution in [0.1, 0.15) is 12.8 Å². The summed E-state index contributed by atoms with van der Waals surface area (Å²) < 4.78 is 3.21. The van der Waals surface area contributed by atoms with Crippen molar-refractivity contribution in [3.05, 3.63) is 64.3 Å². The third-order valence-corrected chi connectivity index (χ3v) is 5.13. The number of aromatic nitrogens is 5. The first-order chi connectivity index (χ1) is 12.7. The Hall–Kier alpha value is -2.67. The van der Waals surface area contributed by atoms with E-state index in [1.165, 1.54) is 4.68 Å². The van der Waals surface area contributed by atoms with Crippen LogP contribution in [-0.2, 0) is 6.54 Å². The molecule has 0 amide bonds. The van der Waals surface area contributed by atoms with Crippen LogP contribution in [0.3, 0.4) is 0 Å². The molecule has 0 unspecified atom stereocenters. The smallest absolute Gasteiger partial charge is 0.292 e. The summed E-state index contributed by atoms with van der Waals surface area (Å²) in [5.41, 5.74) is 1.13. The number of benzene rings is 1. The fourth-order valence-electron chi connectivity index (χ4n) is 3.35. The fourth-order valence-corrected chi connectivity index (χ4v) is 3.60. The first-order valence-corrected chi connectivity index (χ1v) is 9.02. The van der Waals surface area contributed by atoms with Gasteiger partial charge in [-0.3, -0.25) is 9.48 Å². The lowest BCUT2D eigenvalue weighted by atomic mass is 9.96. The molecule has 1 saturated heterocycles. The van der Waals surface area contributed by atoms with Crippen molar-refractivity contribution in [1.82, 2.24) is 24.8 Å². The van der Waals surface area contributed by atoms with Gasteiger partial charge in [0.05, 0.1) is 23.8 Å². The molecule has 4 rings (SSSR count). The van der Waals surface area contributed by atoms with Crippen molar-refractivity contribution in [2.75, 3.05) is 18.0 Å². The van der Waals surface area contributed by atoms with Crippen molar-refractivity contribution < 1.29 is 0 Å². The molecule has 8 heteroatoms. The average Bonchev–Trinajstić information content (AvgIpc) is 3.18. The van der Waals surface area contributed by atoms with Crippen LogP contribution in [0.2, 0.25) is 5.02 Å². The Kier molecular flexibility index (Phi) is 4.71. The molecule has 3 heterocycles. The summed E-state index contributed by atoms with van der Waals surface area (Å²) in [6.45, 7) is 2.56. The lowest BCUT2D eigenvalue weighted by molar-refractivity contribution is 0.339. The third-order valence-electron chi connectivity index (χ3n) is 4.77. The molecule has 134 valence electrons. The zero-order valence-electron chi connectivity index (χ0n) is 14.2. The molecule has 0 saturated carbocycles. The monoisotopic (exact) mass is 370 g/mol. The molecule has 0 spiro atoms. The number of rotatable bonds is 4. The molecular formula is C18H19ClN6O. The Morgan fingerprint density at radius 3 is 2.62 bits per heavy atom. The molecular weight excluding hydrogens is 352 g/mol. The van der Waals surface area contributed by atoms with Gasteiger partial charge in [-0.1, -0.05) is 35.0 Å². The molecule has 7 nitrogen and oxygen atoms in total. The summed E-state index contributed by atoms with van der Waals surface area (Å²) >= 11 is 6.40. The number of halogens is 1. The SMILES string of the molecule is O=c1c(Cl)c(N2CCC(Cn3ccnn3)CC2)cnn1-c1ccccc1. The van der Waals surface area contributed by atoms with Crippen LogP contribution >= 0.6 is 11.6 Å². The normalized spacial score (nSPS) is 15.3. The first kappa shape index (κ1) is 16.8. The van der Waals surface area contributed by atoms with Crippen molar-refractivity contribution in [3.8, 4) is 5.69 Å². The summed E-state index contributed by atoms with van der Waals surface area (Å²) in [6, 6.07) is 9.30.